The van der Waals surface area contributed by atoms with Crippen molar-refractivity contribution in [3.8, 4) is 5.75 Å². The molecule has 4 aromatic rings. The van der Waals surface area contributed by atoms with Crippen LogP contribution in [0.2, 0.25) is 0 Å². The number of aryl methyl sites for hydroxylation is 1. The Morgan fingerprint density at radius 1 is 0.972 bits per heavy atom. The highest BCUT2D eigenvalue weighted by Crippen LogP contribution is 2.40. The molecule has 36 heavy (non-hydrogen) atoms. The first-order chi connectivity index (χ1) is 17.0. The number of amides is 1. The molecule has 0 fully saturated rings. The van der Waals surface area contributed by atoms with E-state index in [0.717, 1.165) is 0 Å². The fourth-order valence-corrected chi connectivity index (χ4v) is 5.02. The second-order valence-electron chi connectivity index (χ2n) is 8.17. The van der Waals surface area contributed by atoms with Crippen LogP contribution in [0.1, 0.15) is 11.1 Å². The lowest BCUT2D eigenvalue weighted by atomic mass is 9.83. The molecule has 12 heteroatoms. The summed E-state index contributed by atoms with van der Waals surface area (Å²) in [6.45, 7) is 0. The number of aliphatic imine (C=N–C) groups is 1. The van der Waals surface area contributed by atoms with E-state index in [2.05, 4.69) is 4.99 Å². The first-order valence-corrected chi connectivity index (χ1v) is 12.0. The molecule has 10 nitrogen and oxygen atoms in total. The van der Waals surface area contributed by atoms with E-state index >= 15 is 0 Å². The van der Waals surface area contributed by atoms with E-state index in [-0.39, 0.29) is 22.2 Å². The first kappa shape index (κ1) is 23.3. The SMILES string of the molecule is CN1C(=O)C(c2ccc(F)cc2)(c2ccc(OS(=O)(=O)c3ccc4c(c3)oc(=O)n4C)cc2)N=C1N. The van der Waals surface area contributed by atoms with Crippen molar-refractivity contribution in [2.45, 2.75) is 10.4 Å². The Morgan fingerprint density at radius 2 is 1.58 bits per heavy atom. The number of guanidine groups is 1. The summed E-state index contributed by atoms with van der Waals surface area (Å²) in [5, 5.41) is 0. The largest absolute Gasteiger partial charge is 0.419 e. The van der Waals surface area contributed by atoms with Crippen LogP contribution in [0, 0.1) is 5.82 Å². The minimum atomic E-state index is -4.28. The highest BCUT2D eigenvalue weighted by atomic mass is 32.2. The molecule has 0 radical (unpaired) electrons. The fourth-order valence-electron chi connectivity index (χ4n) is 4.07. The van der Waals surface area contributed by atoms with Crippen molar-refractivity contribution >= 4 is 33.1 Å². The summed E-state index contributed by atoms with van der Waals surface area (Å²) in [5.41, 5.74) is 5.65. The number of rotatable bonds is 5. The number of likely N-dealkylation sites (N-methyl/N-ethyl adjacent to an activating group) is 1. The number of aromatic nitrogens is 1. The molecule has 0 saturated carbocycles. The van der Waals surface area contributed by atoms with Crippen LogP contribution in [0.3, 0.4) is 0 Å². The number of hydrogen-bond donors (Lipinski definition) is 1. The van der Waals surface area contributed by atoms with E-state index < -0.39 is 33.1 Å². The molecular formula is C24H19FN4O6S. The van der Waals surface area contributed by atoms with Crippen molar-refractivity contribution in [1.82, 2.24) is 9.47 Å². The Bertz CT molecular complexity index is 1710. The zero-order valence-corrected chi connectivity index (χ0v) is 19.8. The number of nitrogens with two attached hydrogens (primary N) is 1. The van der Waals surface area contributed by atoms with Gasteiger partial charge in [-0.05, 0) is 47.5 Å². The maximum absolute atomic E-state index is 13.6. The first-order valence-electron chi connectivity index (χ1n) is 10.6. The normalized spacial score (nSPS) is 18.0. The standard InChI is InChI=1S/C24H19FN4O6S/c1-28-19-12-11-18(13-20(19)34-23(28)31)36(32,33)35-17-9-5-15(6-10-17)24(14-3-7-16(25)8-4-14)21(30)29(2)22(26)27-24/h3-13H,1-2H3,(H2,26,27). The van der Waals surface area contributed by atoms with Crippen LogP contribution in [0.4, 0.5) is 4.39 Å². The van der Waals surface area contributed by atoms with E-state index in [1.54, 1.807) is 0 Å². The molecule has 1 aromatic heterocycles. The van der Waals surface area contributed by atoms with Crippen LogP contribution < -0.4 is 15.7 Å². The zero-order valence-electron chi connectivity index (χ0n) is 19.0. The van der Waals surface area contributed by atoms with Gasteiger partial charge < -0.3 is 14.3 Å². The summed E-state index contributed by atoms with van der Waals surface area (Å²) >= 11 is 0. The molecule has 1 atom stereocenters. The van der Waals surface area contributed by atoms with Crippen molar-refractivity contribution in [1.29, 1.82) is 0 Å². The molecule has 0 saturated heterocycles. The summed E-state index contributed by atoms with van der Waals surface area (Å²) in [6.07, 6.45) is 0. The van der Waals surface area contributed by atoms with Crippen molar-refractivity contribution in [2.24, 2.45) is 17.8 Å². The summed E-state index contributed by atoms with van der Waals surface area (Å²) in [7, 11) is -1.30. The predicted octanol–water partition coefficient (Wildman–Crippen LogP) is 2.07. The topological polar surface area (TPSA) is 137 Å². The lowest BCUT2D eigenvalue weighted by Gasteiger charge is -2.26. The van der Waals surface area contributed by atoms with Crippen LogP contribution >= 0.6 is 0 Å². The Balaban J connectivity index is 1.50. The van der Waals surface area contributed by atoms with Crippen molar-refractivity contribution in [3.05, 3.63) is 94.2 Å². The third kappa shape index (κ3) is 3.53. The van der Waals surface area contributed by atoms with Crippen molar-refractivity contribution in [3.63, 3.8) is 0 Å². The predicted molar refractivity (Wildman–Crippen MR) is 127 cm³/mol. The number of oxazole rings is 1. The van der Waals surface area contributed by atoms with Gasteiger partial charge in [0.25, 0.3) is 5.91 Å². The number of halogens is 1. The lowest BCUT2D eigenvalue weighted by molar-refractivity contribution is -0.129. The summed E-state index contributed by atoms with van der Waals surface area (Å²) in [4.78, 5) is 30.3. The minimum Gasteiger partial charge on any atom is -0.408 e. The number of carbonyl (C=O) groups is 1. The highest BCUT2D eigenvalue weighted by Gasteiger charge is 2.49. The summed E-state index contributed by atoms with van der Waals surface area (Å²) < 4.78 is 50.8. The van der Waals surface area contributed by atoms with Gasteiger partial charge in [0.05, 0.1) is 5.52 Å². The molecule has 1 amide bonds. The number of nitrogens with zero attached hydrogens (tertiary/aromatic N) is 3. The van der Waals surface area contributed by atoms with E-state index in [1.165, 1.54) is 90.3 Å². The van der Waals surface area contributed by atoms with Crippen LogP contribution in [0.5, 0.6) is 5.75 Å². The average Bonchev–Trinajstić information content (AvgIpc) is 3.27. The molecule has 1 unspecified atom stereocenters. The Hall–Kier alpha value is -4.45. The average molecular weight is 511 g/mol. The smallest absolute Gasteiger partial charge is 0.408 e. The Kier molecular flexibility index (Phi) is 5.21. The van der Waals surface area contributed by atoms with Crippen molar-refractivity contribution < 1.29 is 26.2 Å². The molecule has 5 rings (SSSR count). The van der Waals surface area contributed by atoms with Crippen LogP contribution in [0.15, 0.2) is 85.8 Å². The van der Waals surface area contributed by atoms with Gasteiger partial charge in [-0.1, -0.05) is 24.3 Å². The van der Waals surface area contributed by atoms with E-state index in [9.17, 15) is 22.4 Å². The van der Waals surface area contributed by atoms with E-state index in [1.807, 2.05) is 0 Å². The molecule has 0 spiro atoms. The van der Waals surface area contributed by atoms with Crippen LogP contribution in [-0.4, -0.2) is 36.8 Å². The molecule has 184 valence electrons. The fraction of sp³-hybridized carbons (Fsp3) is 0.125. The molecule has 2 heterocycles. The van der Waals surface area contributed by atoms with Crippen LogP contribution in [-0.2, 0) is 27.5 Å². The second kappa shape index (κ2) is 8.05. The van der Waals surface area contributed by atoms with Gasteiger partial charge in [-0.15, -0.1) is 0 Å². The maximum atomic E-state index is 13.6. The van der Waals surface area contributed by atoms with Crippen LogP contribution in [0.25, 0.3) is 11.1 Å². The zero-order chi connectivity index (χ0) is 25.8. The second-order valence-corrected chi connectivity index (χ2v) is 9.72. The molecule has 1 aliphatic heterocycles. The maximum Gasteiger partial charge on any atom is 0.419 e. The monoisotopic (exact) mass is 510 g/mol. The third-order valence-corrected chi connectivity index (χ3v) is 7.28. The van der Waals surface area contributed by atoms with Crippen molar-refractivity contribution in [2.75, 3.05) is 7.05 Å². The lowest BCUT2D eigenvalue weighted by Crippen LogP contribution is -2.41. The Labute approximate surface area is 204 Å². The quantitative estimate of drug-likeness (QED) is 0.406. The van der Waals surface area contributed by atoms with Gasteiger partial charge in [-0.3, -0.25) is 14.3 Å². The van der Waals surface area contributed by atoms with Gasteiger partial charge >= 0.3 is 15.9 Å². The number of hydrogen-bond acceptors (Lipinski definition) is 8. The van der Waals surface area contributed by atoms with Gasteiger partial charge in [-0.25, -0.2) is 14.2 Å². The van der Waals surface area contributed by atoms with Gasteiger partial charge in [0, 0.05) is 20.2 Å². The van der Waals surface area contributed by atoms with E-state index in [0.29, 0.717) is 16.6 Å². The Morgan fingerprint density at radius 3 is 2.17 bits per heavy atom. The third-order valence-electron chi connectivity index (χ3n) is 6.03. The van der Waals surface area contributed by atoms with E-state index in [4.69, 9.17) is 14.3 Å². The number of fused-ring (bicyclic) bond motifs is 1. The van der Waals surface area contributed by atoms with Gasteiger partial charge in [0.1, 0.15) is 16.5 Å². The molecular weight excluding hydrogens is 491 g/mol. The highest BCUT2D eigenvalue weighted by molar-refractivity contribution is 7.87. The van der Waals surface area contributed by atoms with Gasteiger partial charge in [0.2, 0.25) is 0 Å². The van der Waals surface area contributed by atoms with Gasteiger partial charge in [-0.2, -0.15) is 8.42 Å². The molecule has 3 aromatic carbocycles. The molecule has 0 aliphatic carbocycles. The summed E-state index contributed by atoms with van der Waals surface area (Å²) in [6, 6.07) is 15.0. The molecule has 2 N–H and O–H groups in total. The molecule has 0 bridgehead atoms. The summed E-state index contributed by atoms with van der Waals surface area (Å²) in [5.74, 6) is -1.60. The van der Waals surface area contributed by atoms with Gasteiger partial charge in [0.15, 0.2) is 17.1 Å². The molecule has 1 aliphatic rings. The number of carbonyl (C=O) groups excluding carboxylic acids is 1. The number of benzene rings is 3. The minimum absolute atomic E-state index is 0.0183.